The van der Waals surface area contributed by atoms with Crippen LogP contribution in [0.5, 0.6) is 0 Å². The second kappa shape index (κ2) is 9.67. The summed E-state index contributed by atoms with van der Waals surface area (Å²) >= 11 is 0. The van der Waals surface area contributed by atoms with Crippen molar-refractivity contribution in [2.24, 2.45) is 11.3 Å². The predicted octanol–water partition coefficient (Wildman–Crippen LogP) is 3.62. The van der Waals surface area contributed by atoms with E-state index >= 15 is 0 Å². The molecule has 33 heavy (non-hydrogen) atoms. The minimum atomic E-state index is -0.263. The maximum absolute atomic E-state index is 10.2. The van der Waals surface area contributed by atoms with Gasteiger partial charge in [0.1, 0.15) is 18.2 Å². The van der Waals surface area contributed by atoms with E-state index < -0.39 is 0 Å². The molecule has 2 atom stereocenters. The summed E-state index contributed by atoms with van der Waals surface area (Å²) in [4.78, 5) is 13.2. The van der Waals surface area contributed by atoms with Gasteiger partial charge in [-0.3, -0.25) is 0 Å². The molecule has 2 N–H and O–H groups in total. The van der Waals surface area contributed by atoms with Gasteiger partial charge in [-0.2, -0.15) is 10.4 Å². The van der Waals surface area contributed by atoms with Gasteiger partial charge in [-0.05, 0) is 68.1 Å². The Kier molecular flexibility index (Phi) is 6.70. The number of rotatable bonds is 7. The Morgan fingerprint density at radius 2 is 2.00 bits per heavy atom. The first-order valence-electron chi connectivity index (χ1n) is 11.5. The third-order valence-corrected chi connectivity index (χ3v) is 6.63. The number of hydrogen-bond acceptors (Lipinski definition) is 7. The van der Waals surface area contributed by atoms with Gasteiger partial charge in [0, 0.05) is 6.54 Å². The zero-order chi connectivity index (χ0) is 23.4. The molecule has 1 aliphatic rings. The van der Waals surface area contributed by atoms with E-state index in [1.54, 1.807) is 12.5 Å². The molecule has 0 saturated heterocycles. The fourth-order valence-corrected chi connectivity index (χ4v) is 4.64. The number of aromatic nitrogens is 5. The van der Waals surface area contributed by atoms with Gasteiger partial charge in [-0.1, -0.05) is 26.0 Å². The number of benzene rings is 1. The van der Waals surface area contributed by atoms with Gasteiger partial charge in [0.05, 0.1) is 29.2 Å². The van der Waals surface area contributed by atoms with Crippen molar-refractivity contribution in [3.8, 4) is 11.8 Å². The van der Waals surface area contributed by atoms with E-state index in [4.69, 9.17) is 0 Å². The van der Waals surface area contributed by atoms with Crippen LogP contribution in [0.15, 0.2) is 36.8 Å². The molecule has 1 aromatic carbocycles. The molecule has 0 unspecified atom stereocenters. The van der Waals surface area contributed by atoms with Crippen molar-refractivity contribution in [2.75, 3.05) is 11.9 Å². The van der Waals surface area contributed by atoms with E-state index in [0.29, 0.717) is 24.0 Å². The molecule has 1 aliphatic carbocycles. The highest BCUT2D eigenvalue weighted by atomic mass is 16.3. The van der Waals surface area contributed by atoms with E-state index in [1.165, 1.54) is 5.56 Å². The van der Waals surface area contributed by atoms with E-state index in [0.717, 1.165) is 49.3 Å². The largest absolute Gasteiger partial charge is 0.393 e. The highest BCUT2D eigenvalue weighted by Crippen LogP contribution is 2.40. The molecule has 0 radical (unpaired) electrons. The smallest absolute Gasteiger partial charge is 0.222 e. The lowest BCUT2D eigenvalue weighted by Crippen LogP contribution is -2.37. The summed E-state index contributed by atoms with van der Waals surface area (Å²) in [5, 5.41) is 27.3. The molecule has 0 amide bonds. The van der Waals surface area contributed by atoms with Gasteiger partial charge in [0.25, 0.3) is 0 Å². The molecule has 2 heterocycles. The molecule has 4 rings (SSSR count). The average Bonchev–Trinajstić information content (AvgIpc) is 3.23. The fourth-order valence-electron chi connectivity index (χ4n) is 4.64. The highest BCUT2D eigenvalue weighted by molar-refractivity contribution is 5.38. The van der Waals surface area contributed by atoms with Gasteiger partial charge < -0.3 is 10.4 Å². The van der Waals surface area contributed by atoms with Gasteiger partial charge in [-0.15, -0.1) is 0 Å². The Bertz CT molecular complexity index is 1130. The van der Waals surface area contributed by atoms with Gasteiger partial charge in [-0.25, -0.2) is 19.6 Å². The second-order valence-electron chi connectivity index (χ2n) is 9.58. The zero-order valence-corrected chi connectivity index (χ0v) is 19.5. The molecular formula is C25H31N7O. The zero-order valence-electron chi connectivity index (χ0n) is 19.5. The van der Waals surface area contributed by atoms with Crippen molar-refractivity contribution in [1.29, 1.82) is 5.26 Å². The third kappa shape index (κ3) is 5.37. The van der Waals surface area contributed by atoms with Crippen molar-refractivity contribution in [2.45, 2.75) is 59.0 Å². The first-order chi connectivity index (χ1) is 15.9. The Morgan fingerprint density at radius 3 is 2.67 bits per heavy atom. The summed E-state index contributed by atoms with van der Waals surface area (Å²) < 4.78 is 1.81. The van der Waals surface area contributed by atoms with Crippen LogP contribution < -0.4 is 5.32 Å². The standard InChI is InChI=1S/C25H31N7O/c1-17-29-16-30-32(17)21-7-4-18(5-8-21)10-11-27-24-28-15-20(14-26)22(31-24)12-19-6-9-23(33)25(2,3)13-19/h4-5,7-8,15-16,19,23,33H,6,9-13H2,1-3H3,(H,27,28,31)/t19-,23-/m0/s1. The van der Waals surface area contributed by atoms with Crippen molar-refractivity contribution >= 4 is 5.95 Å². The molecule has 8 heteroatoms. The van der Waals surface area contributed by atoms with E-state index in [-0.39, 0.29) is 11.5 Å². The lowest BCUT2D eigenvalue weighted by molar-refractivity contribution is -0.00748. The second-order valence-corrected chi connectivity index (χ2v) is 9.58. The molecule has 8 nitrogen and oxygen atoms in total. The SMILES string of the molecule is Cc1ncnn1-c1ccc(CCNc2ncc(C#N)c(C[C@@H]3CC[C@H](O)C(C)(C)C3)n2)cc1. The predicted molar refractivity (Wildman–Crippen MR) is 126 cm³/mol. The van der Waals surface area contributed by atoms with Crippen LogP contribution in [-0.4, -0.2) is 42.5 Å². The maximum atomic E-state index is 10.2. The molecule has 2 aromatic heterocycles. The quantitative estimate of drug-likeness (QED) is 0.571. The number of aliphatic hydroxyl groups is 1. The number of aliphatic hydroxyl groups excluding tert-OH is 1. The van der Waals surface area contributed by atoms with Crippen molar-refractivity contribution in [3.05, 3.63) is 59.4 Å². The van der Waals surface area contributed by atoms with Gasteiger partial charge in [0.15, 0.2) is 0 Å². The number of anilines is 1. The molecule has 1 fully saturated rings. The van der Waals surface area contributed by atoms with Crippen LogP contribution in [0, 0.1) is 29.6 Å². The van der Waals surface area contributed by atoms with Crippen molar-refractivity contribution in [1.82, 2.24) is 24.7 Å². The van der Waals surface area contributed by atoms with Gasteiger partial charge in [0.2, 0.25) is 5.95 Å². The van der Waals surface area contributed by atoms with Gasteiger partial charge >= 0.3 is 0 Å². The summed E-state index contributed by atoms with van der Waals surface area (Å²) in [7, 11) is 0. The maximum Gasteiger partial charge on any atom is 0.222 e. The molecule has 0 aliphatic heterocycles. The minimum Gasteiger partial charge on any atom is -0.393 e. The fraction of sp³-hybridized carbons (Fsp3) is 0.480. The summed E-state index contributed by atoms with van der Waals surface area (Å²) in [6, 6.07) is 10.5. The van der Waals surface area contributed by atoms with Crippen LogP contribution in [0.3, 0.4) is 0 Å². The summed E-state index contributed by atoms with van der Waals surface area (Å²) in [5.74, 6) is 1.81. The highest BCUT2D eigenvalue weighted by Gasteiger charge is 2.35. The van der Waals surface area contributed by atoms with Crippen molar-refractivity contribution in [3.63, 3.8) is 0 Å². The van der Waals surface area contributed by atoms with Crippen LogP contribution in [-0.2, 0) is 12.8 Å². The molecular weight excluding hydrogens is 414 g/mol. The minimum absolute atomic E-state index is 0.105. The lowest BCUT2D eigenvalue weighted by Gasteiger charge is -2.39. The van der Waals surface area contributed by atoms with E-state index in [2.05, 4.69) is 57.4 Å². The number of nitriles is 1. The number of nitrogens with zero attached hydrogens (tertiary/aromatic N) is 6. The third-order valence-electron chi connectivity index (χ3n) is 6.63. The molecule has 0 spiro atoms. The Labute approximate surface area is 194 Å². The molecule has 1 saturated carbocycles. The van der Waals surface area contributed by atoms with Crippen LogP contribution >= 0.6 is 0 Å². The summed E-state index contributed by atoms with van der Waals surface area (Å²) in [5.41, 5.74) is 3.40. The monoisotopic (exact) mass is 445 g/mol. The van der Waals surface area contributed by atoms with Crippen LogP contribution in [0.4, 0.5) is 5.95 Å². The summed E-state index contributed by atoms with van der Waals surface area (Å²) in [6.07, 6.45) is 7.14. The van der Waals surface area contributed by atoms with E-state index in [9.17, 15) is 10.4 Å². The topological polar surface area (TPSA) is 113 Å². The molecule has 3 aromatic rings. The number of hydrogen-bond donors (Lipinski definition) is 2. The van der Waals surface area contributed by atoms with Crippen LogP contribution in [0.1, 0.15) is 55.8 Å². The Hall–Kier alpha value is -3.31. The first-order valence-corrected chi connectivity index (χ1v) is 11.5. The lowest BCUT2D eigenvalue weighted by atomic mass is 9.69. The first kappa shape index (κ1) is 22.9. The summed E-state index contributed by atoms with van der Waals surface area (Å²) in [6.45, 7) is 6.84. The average molecular weight is 446 g/mol. The Morgan fingerprint density at radius 1 is 1.21 bits per heavy atom. The van der Waals surface area contributed by atoms with Crippen LogP contribution in [0.2, 0.25) is 0 Å². The normalized spacial score (nSPS) is 19.7. The van der Waals surface area contributed by atoms with Crippen molar-refractivity contribution < 1.29 is 5.11 Å². The Balaban J connectivity index is 1.36. The van der Waals surface area contributed by atoms with E-state index in [1.807, 2.05) is 23.7 Å². The number of aryl methyl sites for hydroxylation is 1. The molecule has 172 valence electrons. The van der Waals surface area contributed by atoms with Crippen LogP contribution in [0.25, 0.3) is 5.69 Å². The number of nitrogens with one attached hydrogen (secondary N) is 1. The molecule has 0 bridgehead atoms.